The van der Waals surface area contributed by atoms with E-state index in [9.17, 15) is 0 Å². The molecule has 0 aliphatic heterocycles. The molecule has 0 radical (unpaired) electrons. The average molecular weight is 1830 g/mol. The third-order valence-electron chi connectivity index (χ3n) is 28.2. The van der Waals surface area contributed by atoms with Crippen LogP contribution in [0.3, 0.4) is 0 Å². The molecule has 0 saturated heterocycles. The van der Waals surface area contributed by atoms with Crippen LogP contribution in [0.1, 0.15) is 0 Å². The summed E-state index contributed by atoms with van der Waals surface area (Å²) in [5.74, 6) is 1.88. The zero-order valence-corrected chi connectivity index (χ0v) is 78.4. The second-order valence-electron chi connectivity index (χ2n) is 36.6. The van der Waals surface area contributed by atoms with Gasteiger partial charge < -0.3 is 0 Å². The Balaban J connectivity index is 0.000000111. The third kappa shape index (κ3) is 15.7. The van der Waals surface area contributed by atoms with Crippen molar-refractivity contribution in [3.63, 3.8) is 0 Å². The minimum absolute atomic E-state index is 0.851. The lowest BCUT2D eigenvalue weighted by atomic mass is 9.84. The van der Waals surface area contributed by atoms with Gasteiger partial charge in [0.05, 0.1) is 44.8 Å². The SMILES string of the molecule is c1ccc(-c2ccc3c(-c4ccc(-c5ccccn5)nc4)c4ccccc4c(-c4ccc(-c5ccccn5)nc4)c3c2)cc1.c1ccc(-c2nc3ccccc3n2-c2ccc(-c3c4ccccc4c(-c4ccc5ccccc5c4)c4ccccc34)cc2)cc1.c1ccc(-n2c(-c3ccc(-c4ccc5c(-c6ccc7ccccc7c6)c6ccccc6c(-c6ccc7ccccc7c6)c5c4)cc3)nc3ccccc32)cc1. The Morgan fingerprint density at radius 3 is 0.812 bits per heavy atom. The van der Waals surface area contributed by atoms with E-state index in [1.807, 2.05) is 54.9 Å². The molecule has 28 rings (SSSR count). The molecule has 144 heavy (non-hydrogen) atoms. The van der Waals surface area contributed by atoms with Gasteiger partial charge >= 0.3 is 0 Å². The van der Waals surface area contributed by atoms with Gasteiger partial charge in [0.25, 0.3) is 0 Å². The van der Waals surface area contributed by atoms with Gasteiger partial charge in [-0.05, 0) is 290 Å². The summed E-state index contributed by atoms with van der Waals surface area (Å²) in [4.78, 5) is 28.8. The maximum atomic E-state index is 5.12. The molecule has 22 aromatic carbocycles. The molecule has 0 N–H and O–H groups in total. The number of imidazole rings is 2. The Labute approximate surface area is 832 Å². The first-order chi connectivity index (χ1) is 71.4. The maximum Gasteiger partial charge on any atom is 0.145 e. The molecular formula is C136H88N8. The van der Waals surface area contributed by atoms with Crippen LogP contribution >= 0.6 is 0 Å². The fourth-order valence-electron chi connectivity index (χ4n) is 21.5. The van der Waals surface area contributed by atoms with Crippen molar-refractivity contribution in [2.75, 3.05) is 0 Å². The number of benzene rings is 22. The summed E-state index contributed by atoms with van der Waals surface area (Å²) in [5.41, 5.74) is 31.0. The molecule has 0 unspecified atom stereocenters. The van der Waals surface area contributed by atoms with Crippen molar-refractivity contribution in [1.29, 1.82) is 0 Å². The summed E-state index contributed by atoms with van der Waals surface area (Å²) in [6, 6.07) is 182. The monoisotopic (exact) mass is 1830 g/mol. The molecule has 0 aliphatic carbocycles. The predicted molar refractivity (Wildman–Crippen MR) is 603 cm³/mol. The Morgan fingerprint density at radius 2 is 0.417 bits per heavy atom. The van der Waals surface area contributed by atoms with Crippen molar-refractivity contribution >= 4 is 119 Å². The van der Waals surface area contributed by atoms with Gasteiger partial charge in [-0.15, -0.1) is 0 Å². The number of nitrogens with zero attached hydrogens (tertiary/aromatic N) is 8. The first-order valence-electron chi connectivity index (χ1n) is 48.9. The number of pyridine rings is 4. The largest absolute Gasteiger partial charge is 0.292 e. The molecule has 0 saturated carbocycles. The fraction of sp³-hybridized carbons (Fsp3) is 0. The topological polar surface area (TPSA) is 87.2 Å². The van der Waals surface area contributed by atoms with Gasteiger partial charge in [0.2, 0.25) is 0 Å². The van der Waals surface area contributed by atoms with E-state index >= 15 is 0 Å². The zero-order valence-electron chi connectivity index (χ0n) is 78.4. The number of fused-ring (bicyclic) bond motifs is 11. The second-order valence-corrected chi connectivity index (χ2v) is 36.6. The van der Waals surface area contributed by atoms with Crippen molar-refractivity contribution in [2.24, 2.45) is 0 Å². The molecular weight excluding hydrogens is 1750 g/mol. The van der Waals surface area contributed by atoms with Crippen LogP contribution in [0.4, 0.5) is 0 Å². The van der Waals surface area contributed by atoms with Gasteiger partial charge in [-0.3, -0.25) is 29.1 Å². The maximum absolute atomic E-state index is 5.12. The van der Waals surface area contributed by atoms with E-state index < -0.39 is 0 Å². The molecule has 28 aromatic rings. The van der Waals surface area contributed by atoms with Crippen molar-refractivity contribution in [3.05, 3.63) is 534 Å². The summed E-state index contributed by atoms with van der Waals surface area (Å²) < 4.78 is 4.53. The molecule has 8 heteroatoms. The van der Waals surface area contributed by atoms with Crippen molar-refractivity contribution in [1.82, 2.24) is 39.0 Å². The van der Waals surface area contributed by atoms with Crippen LogP contribution in [0, 0.1) is 0 Å². The Morgan fingerprint density at radius 1 is 0.146 bits per heavy atom. The number of aromatic nitrogens is 8. The lowest BCUT2D eigenvalue weighted by Gasteiger charge is -2.19. The lowest BCUT2D eigenvalue weighted by Crippen LogP contribution is -1.97. The first-order valence-corrected chi connectivity index (χ1v) is 48.9. The van der Waals surface area contributed by atoms with Crippen LogP contribution in [-0.2, 0) is 0 Å². The van der Waals surface area contributed by atoms with Crippen LogP contribution in [0.5, 0.6) is 0 Å². The van der Waals surface area contributed by atoms with Crippen LogP contribution < -0.4 is 0 Å². The number of para-hydroxylation sites is 5. The standard InChI is InChI=1S/C53H34N2.C43H28N2.C40H26N4/c1-2-16-44(17-3-1)55-50-21-11-10-20-49(50)54-53(55)38-26-22-37(23-27-38)41-30-31-47-48(34-41)52(43-29-25-36-13-5-7-15-40(36)33-43)46-19-9-8-18-45(46)51(47)42-28-24-35-12-4-6-14-39(35)32-42;1-2-13-31(14-3-1)43-44-39-20-10-11-21-40(39)45(43)34-26-24-30(25-27-34)41-35-16-6-8-18-37(35)42(38-19-9-7-17-36(38)41)33-23-22-29-12-4-5-15-32(29)28-33;1-2-10-27(11-3-1)28-16-19-33-34(24-28)40(30-18-21-38(44-26-30)36-15-7-9-23-42-36)32-13-5-4-12-31(32)39(33)29-17-20-37(43-25-29)35-14-6-8-22-41-35/h1-34H;1-28H;1-26H. The van der Waals surface area contributed by atoms with E-state index in [1.165, 1.54) is 158 Å². The third-order valence-corrected chi connectivity index (χ3v) is 28.2. The Hall–Kier alpha value is -19.3. The molecule has 0 atom stereocenters. The molecule has 0 amide bonds. The van der Waals surface area contributed by atoms with Gasteiger partial charge in [-0.1, -0.05) is 394 Å². The van der Waals surface area contributed by atoms with Gasteiger partial charge in [-0.2, -0.15) is 0 Å². The van der Waals surface area contributed by atoms with E-state index in [2.05, 4.69) is 486 Å². The number of hydrogen-bond acceptors (Lipinski definition) is 6. The van der Waals surface area contributed by atoms with Crippen LogP contribution in [0.15, 0.2) is 534 Å². The molecule has 8 nitrogen and oxygen atoms in total. The average Bonchev–Trinajstić information content (AvgIpc) is 0.812. The van der Waals surface area contributed by atoms with Crippen molar-refractivity contribution in [2.45, 2.75) is 0 Å². The normalized spacial score (nSPS) is 11.5. The van der Waals surface area contributed by atoms with E-state index in [4.69, 9.17) is 19.9 Å². The number of hydrogen-bond donors (Lipinski definition) is 0. The van der Waals surface area contributed by atoms with Gasteiger partial charge in [0, 0.05) is 58.4 Å². The van der Waals surface area contributed by atoms with Gasteiger partial charge in [0.15, 0.2) is 0 Å². The highest BCUT2D eigenvalue weighted by molar-refractivity contribution is 6.26. The summed E-state index contributed by atoms with van der Waals surface area (Å²) in [6.45, 7) is 0. The van der Waals surface area contributed by atoms with Crippen molar-refractivity contribution < 1.29 is 0 Å². The van der Waals surface area contributed by atoms with E-state index in [0.717, 1.165) is 107 Å². The van der Waals surface area contributed by atoms with E-state index in [1.54, 1.807) is 12.4 Å². The summed E-state index contributed by atoms with van der Waals surface area (Å²) >= 11 is 0. The van der Waals surface area contributed by atoms with Crippen LogP contribution in [-0.4, -0.2) is 39.0 Å². The van der Waals surface area contributed by atoms with Gasteiger partial charge in [-0.25, -0.2) is 9.97 Å². The van der Waals surface area contributed by atoms with Crippen LogP contribution in [0.25, 0.3) is 265 Å². The summed E-state index contributed by atoms with van der Waals surface area (Å²) in [5, 5.41) is 22.2. The zero-order chi connectivity index (χ0) is 95.3. The molecule has 0 bridgehead atoms. The summed E-state index contributed by atoms with van der Waals surface area (Å²) in [6.07, 6.45) is 7.54. The van der Waals surface area contributed by atoms with E-state index in [0.29, 0.717) is 0 Å². The molecule has 6 heterocycles. The second kappa shape index (κ2) is 36.9. The smallest absolute Gasteiger partial charge is 0.145 e. The highest BCUT2D eigenvalue weighted by Gasteiger charge is 2.25. The minimum atomic E-state index is 0.851. The van der Waals surface area contributed by atoms with Crippen LogP contribution in [0.2, 0.25) is 0 Å². The molecule has 672 valence electrons. The Bertz CT molecular complexity index is 9720. The molecule has 0 fully saturated rings. The van der Waals surface area contributed by atoms with Crippen molar-refractivity contribution in [3.8, 4) is 146 Å². The predicted octanol–water partition coefficient (Wildman–Crippen LogP) is 35.7. The summed E-state index contributed by atoms with van der Waals surface area (Å²) in [7, 11) is 0. The molecule has 0 spiro atoms. The lowest BCUT2D eigenvalue weighted by molar-refractivity contribution is 1.10. The quantitative estimate of drug-likeness (QED) is 0.101. The number of rotatable bonds is 14. The molecule has 0 aliphatic rings. The van der Waals surface area contributed by atoms with Gasteiger partial charge in [0.1, 0.15) is 11.6 Å². The minimum Gasteiger partial charge on any atom is -0.292 e. The fourth-order valence-corrected chi connectivity index (χ4v) is 21.5. The highest BCUT2D eigenvalue weighted by atomic mass is 15.1. The van der Waals surface area contributed by atoms with E-state index in [-0.39, 0.29) is 0 Å². The molecule has 6 aromatic heterocycles. The first kappa shape index (κ1) is 85.2. The highest BCUT2D eigenvalue weighted by Crippen LogP contribution is 2.51. The Kier molecular flexibility index (Phi) is 21.8.